The summed E-state index contributed by atoms with van der Waals surface area (Å²) < 4.78 is 12.3. The number of carbonyl (C=O) groups is 2. The third kappa shape index (κ3) is 10.9. The Bertz CT molecular complexity index is 1210. The Morgan fingerprint density at radius 1 is 0.587 bits per heavy atom. The first-order chi connectivity index (χ1) is 22.2. The summed E-state index contributed by atoms with van der Waals surface area (Å²) in [5.41, 5.74) is 7.77. The molecule has 6 heteroatoms. The minimum absolute atomic E-state index is 0.0691. The number of ether oxygens (including phenoxy) is 2. The van der Waals surface area contributed by atoms with Gasteiger partial charge in [0.25, 0.3) is 0 Å². The molecule has 0 amide bonds. The van der Waals surface area contributed by atoms with Crippen molar-refractivity contribution < 1.29 is 28.0 Å². The molecule has 4 rings (SSSR count). The highest BCUT2D eigenvalue weighted by atomic mass is 16.5. The Morgan fingerprint density at radius 2 is 0.935 bits per heavy atom. The van der Waals surface area contributed by atoms with E-state index in [1.54, 1.807) is 0 Å². The molecular formula is C40H58N2O4+2. The van der Waals surface area contributed by atoms with Gasteiger partial charge in [0.15, 0.2) is 13.1 Å². The Hall–Kier alpha value is -3.22. The Kier molecular flexibility index (Phi) is 13.7. The molecule has 2 heterocycles. The number of benzene rings is 2. The average Bonchev–Trinajstić information content (AvgIpc) is 3.05. The molecule has 46 heavy (non-hydrogen) atoms. The number of allylic oxidation sites excluding steroid dienone is 2. The lowest BCUT2D eigenvalue weighted by atomic mass is 9.98. The maximum absolute atomic E-state index is 12.3. The van der Waals surface area contributed by atoms with Crippen LogP contribution >= 0.6 is 0 Å². The lowest BCUT2D eigenvalue weighted by Crippen LogP contribution is -2.54. The summed E-state index contributed by atoms with van der Waals surface area (Å²) in [6, 6.07) is 17.9. The number of nitrogens with zero attached hydrogens (tertiary/aromatic N) is 2. The van der Waals surface area contributed by atoms with E-state index >= 15 is 0 Å². The van der Waals surface area contributed by atoms with Gasteiger partial charge in [0.05, 0.1) is 52.5 Å². The van der Waals surface area contributed by atoms with Gasteiger partial charge in [0.2, 0.25) is 0 Å². The third-order valence-corrected chi connectivity index (χ3v) is 9.93. The fourth-order valence-electron chi connectivity index (χ4n) is 7.25. The van der Waals surface area contributed by atoms with Crippen molar-refractivity contribution in [2.45, 2.75) is 79.1 Å². The summed E-state index contributed by atoms with van der Waals surface area (Å²) in [6.45, 7) is 16.1. The molecule has 2 aromatic carbocycles. The molecule has 0 saturated carbocycles. The van der Waals surface area contributed by atoms with Crippen LogP contribution < -0.4 is 0 Å². The van der Waals surface area contributed by atoms with Crippen LogP contribution in [-0.2, 0) is 31.9 Å². The van der Waals surface area contributed by atoms with Crippen LogP contribution in [0.3, 0.4) is 0 Å². The fraction of sp³-hybridized carbons (Fsp3) is 0.550. The van der Waals surface area contributed by atoms with E-state index in [0.717, 1.165) is 61.1 Å². The number of rotatable bonds is 15. The fourth-order valence-corrected chi connectivity index (χ4v) is 7.25. The van der Waals surface area contributed by atoms with E-state index in [9.17, 15) is 9.59 Å². The van der Waals surface area contributed by atoms with Crippen molar-refractivity contribution in [3.8, 4) is 11.1 Å². The predicted octanol–water partition coefficient (Wildman–Crippen LogP) is 7.46. The van der Waals surface area contributed by atoms with Crippen molar-refractivity contribution in [1.29, 1.82) is 0 Å². The molecule has 0 atom stereocenters. The number of hydrogen-bond acceptors (Lipinski definition) is 4. The molecule has 2 fully saturated rings. The van der Waals surface area contributed by atoms with Crippen molar-refractivity contribution in [2.75, 3.05) is 65.6 Å². The standard InChI is InChI=1S/C40H58N2O4/c1-5-45-39(43)31-41(23-9-7-10-24-41)27-21-33(3)29-35-13-17-37(18-14-35)38-19-15-36(16-20-38)30-34(4)22-28-42(25-11-8-12-26-42)32-40(44)46-6-2/h13-22H,5-12,23-32H2,1-4H3/q+2/b33-21+,34-22+. The van der Waals surface area contributed by atoms with E-state index in [2.05, 4.69) is 74.5 Å². The van der Waals surface area contributed by atoms with Crippen LogP contribution in [0.15, 0.2) is 71.8 Å². The quantitative estimate of drug-likeness (QED) is 0.117. The second-order valence-corrected chi connectivity index (χ2v) is 13.8. The van der Waals surface area contributed by atoms with Crippen LogP contribution in [0.2, 0.25) is 0 Å². The molecule has 0 N–H and O–H groups in total. The van der Waals surface area contributed by atoms with Crippen molar-refractivity contribution in [3.05, 3.63) is 83.0 Å². The topological polar surface area (TPSA) is 52.6 Å². The van der Waals surface area contributed by atoms with E-state index in [1.165, 1.54) is 71.9 Å². The van der Waals surface area contributed by atoms with Gasteiger partial charge in [-0.2, -0.15) is 0 Å². The lowest BCUT2D eigenvalue weighted by Gasteiger charge is -2.40. The number of piperidine rings is 2. The minimum atomic E-state index is -0.0691. The number of quaternary nitrogens is 2. The highest BCUT2D eigenvalue weighted by Crippen LogP contribution is 2.24. The van der Waals surface area contributed by atoms with Crippen LogP contribution in [0.25, 0.3) is 11.1 Å². The monoisotopic (exact) mass is 630 g/mol. The number of hydrogen-bond donors (Lipinski definition) is 0. The van der Waals surface area contributed by atoms with Crippen LogP contribution in [0.1, 0.15) is 77.3 Å². The predicted molar refractivity (Wildman–Crippen MR) is 187 cm³/mol. The summed E-state index contributed by atoms with van der Waals surface area (Å²) in [6.07, 6.45) is 13.8. The first kappa shape index (κ1) is 35.6. The van der Waals surface area contributed by atoms with Gasteiger partial charge in [0.1, 0.15) is 0 Å². The summed E-state index contributed by atoms with van der Waals surface area (Å²) >= 11 is 0. The van der Waals surface area contributed by atoms with Crippen LogP contribution in [0.4, 0.5) is 0 Å². The number of esters is 2. The van der Waals surface area contributed by atoms with Gasteiger partial charge in [-0.05, 0) is 113 Å². The van der Waals surface area contributed by atoms with E-state index in [-0.39, 0.29) is 11.9 Å². The molecular weight excluding hydrogens is 572 g/mol. The molecule has 0 spiro atoms. The lowest BCUT2D eigenvalue weighted by molar-refractivity contribution is -0.920. The maximum atomic E-state index is 12.3. The molecule has 0 unspecified atom stereocenters. The smallest absolute Gasteiger partial charge is 0.361 e. The minimum Gasteiger partial charge on any atom is -0.462 e. The van der Waals surface area contributed by atoms with E-state index in [0.29, 0.717) is 26.3 Å². The largest absolute Gasteiger partial charge is 0.462 e. The van der Waals surface area contributed by atoms with E-state index in [1.807, 2.05) is 13.8 Å². The zero-order chi connectivity index (χ0) is 32.8. The normalized spacial score (nSPS) is 18.2. The first-order valence-corrected chi connectivity index (χ1v) is 17.7. The van der Waals surface area contributed by atoms with Crippen molar-refractivity contribution >= 4 is 11.9 Å². The highest BCUT2D eigenvalue weighted by molar-refractivity contribution is 5.71. The van der Waals surface area contributed by atoms with Crippen molar-refractivity contribution in [3.63, 3.8) is 0 Å². The average molecular weight is 631 g/mol. The zero-order valence-electron chi connectivity index (χ0n) is 29.0. The molecule has 2 saturated heterocycles. The zero-order valence-corrected chi connectivity index (χ0v) is 29.0. The molecule has 0 radical (unpaired) electrons. The maximum Gasteiger partial charge on any atom is 0.361 e. The van der Waals surface area contributed by atoms with E-state index in [4.69, 9.17) is 9.47 Å². The number of likely N-dealkylation sites (tertiary alicyclic amines) is 2. The summed E-state index contributed by atoms with van der Waals surface area (Å²) in [5.74, 6) is -0.138. The molecule has 2 aliphatic rings. The van der Waals surface area contributed by atoms with Gasteiger partial charge in [-0.3, -0.25) is 0 Å². The summed E-state index contributed by atoms with van der Waals surface area (Å²) in [4.78, 5) is 24.7. The van der Waals surface area contributed by atoms with Crippen LogP contribution in [0.5, 0.6) is 0 Å². The van der Waals surface area contributed by atoms with Gasteiger partial charge in [0, 0.05) is 0 Å². The van der Waals surface area contributed by atoms with Crippen molar-refractivity contribution in [1.82, 2.24) is 0 Å². The summed E-state index contributed by atoms with van der Waals surface area (Å²) in [7, 11) is 0. The molecule has 2 aliphatic heterocycles. The molecule has 6 nitrogen and oxygen atoms in total. The first-order valence-electron chi connectivity index (χ1n) is 17.7. The van der Waals surface area contributed by atoms with Crippen LogP contribution in [-0.4, -0.2) is 86.5 Å². The highest BCUT2D eigenvalue weighted by Gasteiger charge is 2.33. The van der Waals surface area contributed by atoms with Crippen molar-refractivity contribution in [2.24, 2.45) is 0 Å². The molecule has 250 valence electrons. The Labute approximate surface area is 278 Å². The molecule has 2 aromatic rings. The summed E-state index contributed by atoms with van der Waals surface area (Å²) in [5, 5.41) is 0. The van der Waals surface area contributed by atoms with Gasteiger partial charge in [-0.25, -0.2) is 9.59 Å². The Balaban J connectivity index is 1.31. The van der Waals surface area contributed by atoms with E-state index < -0.39 is 0 Å². The molecule has 0 aliphatic carbocycles. The molecule has 0 aromatic heterocycles. The second kappa shape index (κ2) is 17.6. The van der Waals surface area contributed by atoms with Gasteiger partial charge >= 0.3 is 11.9 Å². The molecule has 0 bridgehead atoms. The second-order valence-electron chi connectivity index (χ2n) is 13.8. The third-order valence-electron chi connectivity index (χ3n) is 9.93. The Morgan fingerprint density at radius 3 is 1.26 bits per heavy atom. The number of carbonyl (C=O) groups excluding carboxylic acids is 2. The SMILES string of the molecule is CCOC(=O)C[N+]1(C/C=C(\C)Cc2ccc(-c3ccc(C/C(C)=C/C[N+]4(CC(=O)OCC)CCCCC4)cc3)cc2)CCCCC1. The van der Waals surface area contributed by atoms with Gasteiger partial charge in [-0.15, -0.1) is 0 Å². The van der Waals surface area contributed by atoms with Gasteiger partial charge in [-0.1, -0.05) is 59.7 Å². The van der Waals surface area contributed by atoms with Crippen LogP contribution in [0, 0.1) is 0 Å². The van der Waals surface area contributed by atoms with Gasteiger partial charge < -0.3 is 18.4 Å².